The lowest BCUT2D eigenvalue weighted by molar-refractivity contribution is -0.303. The summed E-state index contributed by atoms with van der Waals surface area (Å²) in [4.78, 5) is 39.7. The minimum absolute atomic E-state index is 0.0627. The smallest absolute Gasteiger partial charge is 0.310 e. The molecule has 6 rings (SSSR count). The van der Waals surface area contributed by atoms with Crippen molar-refractivity contribution in [3.8, 4) is 0 Å². The second-order valence-corrected chi connectivity index (χ2v) is 18.2. The maximum Gasteiger partial charge on any atom is 0.310 e. The number of carboxylic acids is 1. The van der Waals surface area contributed by atoms with Crippen molar-refractivity contribution >= 4 is 17.9 Å². The molecule has 2 saturated heterocycles. The molecule has 0 aromatic carbocycles. The number of ether oxygens (including phenoxy) is 4. The molecule has 0 amide bonds. The average molecular weight is 695 g/mol. The summed E-state index contributed by atoms with van der Waals surface area (Å²) in [5.74, 6) is -2.85. The standard InChI is InChI=1S/C37H58O12/c1-18-15-21(28(33(5,6)45)47-19(2)38)48-29(42)25(18)34(7)13-14-37-17-36(37)12-11-24(49-30-27(41)26(40)20(39)16-46-30)32(3,4)22(36)9-10-23(37)35(34,8)31(43)44/h18,20-28,30,39-41,45H,9-17H2,1-8H3,(H,43,44). The van der Waals surface area contributed by atoms with Gasteiger partial charge in [-0.25, -0.2) is 0 Å². The van der Waals surface area contributed by atoms with Gasteiger partial charge in [-0.05, 0) is 112 Å². The Balaban J connectivity index is 1.25. The lowest BCUT2D eigenvalue weighted by Crippen LogP contribution is -2.65. The Morgan fingerprint density at radius 1 is 0.959 bits per heavy atom. The van der Waals surface area contributed by atoms with Crippen molar-refractivity contribution in [1.82, 2.24) is 0 Å². The summed E-state index contributed by atoms with van der Waals surface area (Å²) in [5.41, 5.74) is -4.15. The first-order valence-corrected chi connectivity index (χ1v) is 18.2. The third-order valence-corrected chi connectivity index (χ3v) is 15.0. The Bertz CT molecular complexity index is 1340. The highest BCUT2D eigenvalue weighted by molar-refractivity contribution is 5.81. The average Bonchev–Trinajstić information content (AvgIpc) is 3.66. The third-order valence-electron chi connectivity index (χ3n) is 15.0. The topological polar surface area (TPSA) is 189 Å². The summed E-state index contributed by atoms with van der Waals surface area (Å²) in [6, 6.07) is 0. The third kappa shape index (κ3) is 5.24. The summed E-state index contributed by atoms with van der Waals surface area (Å²) < 4.78 is 23.4. The highest BCUT2D eigenvalue weighted by Gasteiger charge is 2.83. The number of cyclic esters (lactones) is 1. The molecule has 6 aliphatic rings. The van der Waals surface area contributed by atoms with E-state index in [2.05, 4.69) is 13.8 Å². The lowest BCUT2D eigenvalue weighted by Gasteiger charge is -2.64. The van der Waals surface area contributed by atoms with E-state index in [1.165, 1.54) is 20.8 Å². The molecule has 0 radical (unpaired) electrons. The number of aliphatic carboxylic acids is 1. The van der Waals surface area contributed by atoms with Crippen LogP contribution in [0.25, 0.3) is 0 Å². The van der Waals surface area contributed by atoms with E-state index in [-0.39, 0.29) is 46.7 Å². The zero-order valence-electron chi connectivity index (χ0n) is 30.3. The van der Waals surface area contributed by atoms with Gasteiger partial charge in [0, 0.05) is 6.92 Å². The van der Waals surface area contributed by atoms with E-state index in [9.17, 15) is 39.9 Å². The predicted molar refractivity (Wildman–Crippen MR) is 173 cm³/mol. The van der Waals surface area contributed by atoms with Crippen molar-refractivity contribution in [3.05, 3.63) is 0 Å². The first kappa shape index (κ1) is 36.9. The van der Waals surface area contributed by atoms with Crippen LogP contribution >= 0.6 is 0 Å². The van der Waals surface area contributed by atoms with Gasteiger partial charge in [-0.1, -0.05) is 27.7 Å². The molecule has 49 heavy (non-hydrogen) atoms. The summed E-state index contributed by atoms with van der Waals surface area (Å²) in [6.07, 6.45) is -1.44. The van der Waals surface area contributed by atoms with Gasteiger partial charge in [-0.15, -0.1) is 0 Å². The molecule has 0 aromatic heterocycles. The van der Waals surface area contributed by atoms with Crippen molar-refractivity contribution in [3.63, 3.8) is 0 Å². The number of aliphatic hydroxyl groups is 4. The summed E-state index contributed by atoms with van der Waals surface area (Å²) in [5, 5.41) is 52.8. The molecule has 0 aromatic rings. The molecule has 12 nitrogen and oxygen atoms in total. The molecule has 4 aliphatic carbocycles. The van der Waals surface area contributed by atoms with Gasteiger partial charge >= 0.3 is 17.9 Å². The van der Waals surface area contributed by atoms with E-state index in [0.717, 1.165) is 25.7 Å². The molecular weight excluding hydrogens is 636 g/mol. The van der Waals surface area contributed by atoms with E-state index in [0.29, 0.717) is 25.7 Å². The van der Waals surface area contributed by atoms with Gasteiger partial charge in [0.25, 0.3) is 0 Å². The van der Waals surface area contributed by atoms with Crippen molar-refractivity contribution in [1.29, 1.82) is 0 Å². The Morgan fingerprint density at radius 3 is 2.18 bits per heavy atom. The van der Waals surface area contributed by atoms with Gasteiger partial charge in [-0.3, -0.25) is 14.4 Å². The fraction of sp³-hybridized carbons (Fsp3) is 0.919. The van der Waals surface area contributed by atoms with Crippen LogP contribution in [-0.2, 0) is 33.3 Å². The van der Waals surface area contributed by atoms with Gasteiger partial charge in [0.15, 0.2) is 12.4 Å². The predicted octanol–water partition coefficient (Wildman–Crippen LogP) is 3.19. The molecule has 4 saturated carbocycles. The molecule has 15 unspecified atom stereocenters. The van der Waals surface area contributed by atoms with Gasteiger partial charge in [0.2, 0.25) is 0 Å². The van der Waals surface area contributed by atoms with Gasteiger partial charge in [-0.2, -0.15) is 0 Å². The summed E-state index contributed by atoms with van der Waals surface area (Å²) in [7, 11) is 0. The van der Waals surface area contributed by atoms with Gasteiger partial charge in [0.05, 0.1) is 29.6 Å². The number of rotatable bonds is 7. The molecule has 2 heterocycles. The van der Waals surface area contributed by atoms with Crippen LogP contribution in [0.5, 0.6) is 0 Å². The zero-order valence-corrected chi connectivity index (χ0v) is 30.3. The Kier molecular flexibility index (Phi) is 8.93. The van der Waals surface area contributed by atoms with E-state index >= 15 is 0 Å². The van der Waals surface area contributed by atoms with Crippen LogP contribution in [0.4, 0.5) is 0 Å². The molecule has 0 bridgehead atoms. The molecule has 12 heteroatoms. The molecule has 5 N–H and O–H groups in total. The van der Waals surface area contributed by atoms with Crippen molar-refractivity contribution < 1.29 is 58.9 Å². The maximum absolute atomic E-state index is 14.1. The minimum Gasteiger partial charge on any atom is -0.481 e. The number of hydrogen-bond acceptors (Lipinski definition) is 11. The van der Waals surface area contributed by atoms with Gasteiger partial charge in [0.1, 0.15) is 24.4 Å². The molecular formula is C37H58O12. The highest BCUT2D eigenvalue weighted by atomic mass is 16.7. The number of hydrogen-bond donors (Lipinski definition) is 5. The lowest BCUT2D eigenvalue weighted by atomic mass is 9.39. The fourth-order valence-corrected chi connectivity index (χ4v) is 12.5. The van der Waals surface area contributed by atoms with E-state index < -0.39 is 77.1 Å². The summed E-state index contributed by atoms with van der Waals surface area (Å²) in [6.45, 7) is 14.3. The maximum atomic E-state index is 14.1. The van der Waals surface area contributed by atoms with E-state index in [1.807, 2.05) is 20.8 Å². The quantitative estimate of drug-likeness (QED) is 0.194. The Labute approximate surface area is 289 Å². The molecule has 15 atom stereocenters. The van der Waals surface area contributed by atoms with Crippen LogP contribution in [0.15, 0.2) is 0 Å². The van der Waals surface area contributed by atoms with Crippen LogP contribution in [0, 0.1) is 50.7 Å². The number of carbonyl (C=O) groups excluding carboxylic acids is 2. The number of carboxylic acid groups (broad SMARTS) is 1. The number of carbonyl (C=O) groups is 3. The zero-order chi connectivity index (χ0) is 36.3. The normalized spacial score (nSPS) is 49.8. The van der Waals surface area contributed by atoms with Crippen LogP contribution in [-0.4, -0.2) is 98.6 Å². The Hall–Kier alpha value is -1.83. The Morgan fingerprint density at radius 2 is 1.59 bits per heavy atom. The van der Waals surface area contributed by atoms with Crippen LogP contribution in [0.1, 0.15) is 107 Å². The van der Waals surface area contributed by atoms with Gasteiger partial charge < -0.3 is 44.5 Å². The van der Waals surface area contributed by atoms with Crippen LogP contribution in [0.2, 0.25) is 0 Å². The van der Waals surface area contributed by atoms with Crippen LogP contribution < -0.4 is 0 Å². The first-order chi connectivity index (χ1) is 22.6. The SMILES string of the molecule is CC(=O)OC(C1CC(C)C(C2(C)CCC34CC35CCC(OC3OCC(O)C(O)C3O)C(C)(C)C5CCC4C2(C)C(=O)O)C(=O)O1)C(C)(C)O. The second kappa shape index (κ2) is 11.8. The fourth-order valence-electron chi connectivity index (χ4n) is 12.5. The van der Waals surface area contributed by atoms with E-state index in [1.54, 1.807) is 0 Å². The highest BCUT2D eigenvalue weighted by Crippen LogP contribution is 2.88. The van der Waals surface area contributed by atoms with Crippen molar-refractivity contribution in [2.24, 2.45) is 50.7 Å². The minimum atomic E-state index is -1.45. The molecule has 6 fully saturated rings. The summed E-state index contributed by atoms with van der Waals surface area (Å²) >= 11 is 0. The monoisotopic (exact) mass is 694 g/mol. The molecule has 278 valence electrons. The van der Waals surface area contributed by atoms with Crippen molar-refractivity contribution in [2.75, 3.05) is 6.61 Å². The molecule has 2 aliphatic heterocycles. The number of esters is 2. The largest absolute Gasteiger partial charge is 0.481 e. The second-order valence-electron chi connectivity index (χ2n) is 18.2. The van der Waals surface area contributed by atoms with E-state index in [4.69, 9.17) is 18.9 Å². The first-order valence-electron chi connectivity index (χ1n) is 18.2. The number of aliphatic hydroxyl groups excluding tert-OH is 3. The van der Waals surface area contributed by atoms with Crippen LogP contribution in [0.3, 0.4) is 0 Å². The molecule has 2 spiro atoms. The van der Waals surface area contributed by atoms with Crippen molar-refractivity contribution in [2.45, 2.75) is 155 Å².